The van der Waals surface area contributed by atoms with Gasteiger partial charge in [-0.3, -0.25) is 4.79 Å². The molecule has 0 aromatic carbocycles. The summed E-state index contributed by atoms with van der Waals surface area (Å²) in [6, 6.07) is 0. The number of carboxylic acids is 1. The zero-order chi connectivity index (χ0) is 12.6. The van der Waals surface area contributed by atoms with E-state index in [2.05, 4.69) is 4.74 Å². The third kappa shape index (κ3) is 6.50. The Balaban J connectivity index is 4.05. The van der Waals surface area contributed by atoms with E-state index in [1.54, 1.807) is 19.1 Å². The van der Waals surface area contributed by atoms with Crippen LogP contribution in [0.1, 0.15) is 13.3 Å². The van der Waals surface area contributed by atoms with Crippen LogP contribution in [0.15, 0.2) is 24.3 Å². The van der Waals surface area contributed by atoms with E-state index in [0.29, 0.717) is 0 Å². The van der Waals surface area contributed by atoms with Gasteiger partial charge in [0.25, 0.3) is 0 Å². The molecule has 0 fully saturated rings. The van der Waals surface area contributed by atoms with Gasteiger partial charge in [-0.1, -0.05) is 18.2 Å². The minimum absolute atomic E-state index is 0.765. The number of hydrogen-bond donors (Lipinski definition) is 2. The predicted octanol–water partition coefficient (Wildman–Crippen LogP) is 0.0241. The van der Waals surface area contributed by atoms with Crippen LogP contribution in [0.4, 0.5) is 0 Å². The second kappa shape index (κ2) is 7.36. The van der Waals surface area contributed by atoms with Crippen molar-refractivity contribution in [2.75, 3.05) is 0 Å². The molecule has 0 aromatic heterocycles. The maximum atomic E-state index is 10.9. The lowest BCUT2D eigenvalue weighted by Gasteiger charge is -2.03. The molecule has 6 nitrogen and oxygen atoms in total. The topological polar surface area (TPSA) is 101 Å². The summed E-state index contributed by atoms with van der Waals surface area (Å²) in [4.78, 5) is 31.9. The van der Waals surface area contributed by atoms with E-state index in [4.69, 9.17) is 10.2 Å². The zero-order valence-electron chi connectivity index (χ0n) is 8.62. The first-order chi connectivity index (χ1) is 7.47. The molecule has 0 amide bonds. The van der Waals surface area contributed by atoms with Gasteiger partial charge < -0.3 is 14.9 Å². The van der Waals surface area contributed by atoms with Crippen LogP contribution in [0.3, 0.4) is 0 Å². The third-order valence-electron chi connectivity index (χ3n) is 1.40. The predicted molar refractivity (Wildman–Crippen MR) is 53.3 cm³/mol. The Hall–Kier alpha value is -1.95. The summed E-state index contributed by atoms with van der Waals surface area (Å²) in [5.74, 6) is -3.56. The third-order valence-corrected chi connectivity index (χ3v) is 1.40. The highest BCUT2D eigenvalue weighted by Gasteiger charge is 2.19. The number of carbonyl (C=O) groups excluding carboxylic acids is 2. The van der Waals surface area contributed by atoms with Crippen LogP contribution in [0, 0.1) is 0 Å². The molecule has 16 heavy (non-hydrogen) atoms. The molecule has 0 aliphatic carbocycles. The molecule has 0 aromatic rings. The van der Waals surface area contributed by atoms with Gasteiger partial charge in [0.2, 0.25) is 0 Å². The molecule has 88 valence electrons. The normalized spacial score (nSPS) is 12.9. The van der Waals surface area contributed by atoms with E-state index in [0.717, 1.165) is 6.08 Å². The molecule has 1 unspecified atom stereocenters. The summed E-state index contributed by atoms with van der Waals surface area (Å²) in [6.07, 6.45) is 2.96. The van der Waals surface area contributed by atoms with E-state index in [1.165, 1.54) is 6.08 Å². The fraction of sp³-hybridized carbons (Fsp3) is 0.300. The molecule has 2 N–H and O–H groups in total. The number of aliphatic hydroxyl groups is 1. The van der Waals surface area contributed by atoms with Crippen LogP contribution in [0.5, 0.6) is 0 Å². The Kier molecular flexibility index (Phi) is 6.46. The van der Waals surface area contributed by atoms with Gasteiger partial charge >= 0.3 is 17.9 Å². The SMILES string of the molecule is C/C=C/C=C/C(=O)OC(=O)CC(O)C(=O)O. The summed E-state index contributed by atoms with van der Waals surface area (Å²) in [6.45, 7) is 1.74. The fourth-order valence-electron chi connectivity index (χ4n) is 0.678. The Morgan fingerprint density at radius 3 is 2.44 bits per heavy atom. The lowest BCUT2D eigenvalue weighted by molar-refractivity contribution is -0.161. The van der Waals surface area contributed by atoms with Crippen molar-refractivity contribution in [3.05, 3.63) is 24.3 Å². The Labute approximate surface area is 91.8 Å². The second-order valence-corrected chi connectivity index (χ2v) is 2.74. The van der Waals surface area contributed by atoms with E-state index < -0.39 is 30.4 Å². The summed E-state index contributed by atoms with van der Waals surface area (Å²) >= 11 is 0. The van der Waals surface area contributed by atoms with Crippen LogP contribution in [0.25, 0.3) is 0 Å². The molecule has 0 spiro atoms. The highest BCUT2D eigenvalue weighted by Crippen LogP contribution is 1.96. The van der Waals surface area contributed by atoms with Crippen molar-refractivity contribution in [1.82, 2.24) is 0 Å². The van der Waals surface area contributed by atoms with Crippen molar-refractivity contribution in [1.29, 1.82) is 0 Å². The lowest BCUT2D eigenvalue weighted by atomic mass is 10.2. The molecule has 0 rings (SSSR count). The molecule has 6 heteroatoms. The van der Waals surface area contributed by atoms with Crippen molar-refractivity contribution in [2.24, 2.45) is 0 Å². The van der Waals surface area contributed by atoms with Gasteiger partial charge in [0.1, 0.15) is 0 Å². The van der Waals surface area contributed by atoms with Crippen LogP contribution in [0.2, 0.25) is 0 Å². The Morgan fingerprint density at radius 1 is 1.31 bits per heavy atom. The first-order valence-corrected chi connectivity index (χ1v) is 4.42. The fourth-order valence-corrected chi connectivity index (χ4v) is 0.678. The Morgan fingerprint density at radius 2 is 1.94 bits per heavy atom. The lowest BCUT2D eigenvalue weighted by Crippen LogP contribution is -2.25. The number of aliphatic carboxylic acids is 1. The summed E-state index contributed by atoms with van der Waals surface area (Å²) in [5, 5.41) is 17.1. The van der Waals surface area contributed by atoms with Gasteiger partial charge in [-0.05, 0) is 6.92 Å². The average molecular weight is 228 g/mol. The largest absolute Gasteiger partial charge is 0.479 e. The van der Waals surface area contributed by atoms with Gasteiger partial charge in [0.15, 0.2) is 6.10 Å². The molecule has 1 atom stereocenters. The molecule has 0 saturated carbocycles. The number of hydrogen-bond acceptors (Lipinski definition) is 5. The Bertz CT molecular complexity index is 328. The molecule has 0 heterocycles. The number of carboxylic acid groups (broad SMARTS) is 1. The minimum Gasteiger partial charge on any atom is -0.479 e. The van der Waals surface area contributed by atoms with Gasteiger partial charge in [-0.25, -0.2) is 9.59 Å². The van der Waals surface area contributed by atoms with Crippen molar-refractivity contribution in [2.45, 2.75) is 19.4 Å². The molecule has 0 bridgehead atoms. The van der Waals surface area contributed by atoms with Crippen LogP contribution in [-0.4, -0.2) is 34.2 Å². The second-order valence-electron chi connectivity index (χ2n) is 2.74. The molecule has 0 saturated heterocycles. The van der Waals surface area contributed by atoms with Gasteiger partial charge in [0, 0.05) is 6.08 Å². The van der Waals surface area contributed by atoms with Gasteiger partial charge in [0.05, 0.1) is 6.42 Å². The smallest absolute Gasteiger partial charge is 0.338 e. The first kappa shape index (κ1) is 14.1. The summed E-state index contributed by atoms with van der Waals surface area (Å²) in [5.41, 5.74) is 0. The van der Waals surface area contributed by atoms with Crippen molar-refractivity contribution in [3.63, 3.8) is 0 Å². The van der Waals surface area contributed by atoms with Crippen molar-refractivity contribution in [3.8, 4) is 0 Å². The molecule has 0 aliphatic rings. The first-order valence-electron chi connectivity index (χ1n) is 4.42. The van der Waals surface area contributed by atoms with E-state index in [-0.39, 0.29) is 0 Å². The highest BCUT2D eigenvalue weighted by atomic mass is 16.6. The van der Waals surface area contributed by atoms with E-state index in [1.807, 2.05) is 0 Å². The number of allylic oxidation sites excluding steroid dienone is 3. The van der Waals surface area contributed by atoms with Crippen LogP contribution in [-0.2, 0) is 19.1 Å². The van der Waals surface area contributed by atoms with E-state index in [9.17, 15) is 14.4 Å². The number of aliphatic hydroxyl groups excluding tert-OH is 1. The molecular weight excluding hydrogens is 216 g/mol. The molecular formula is C10H12O6. The van der Waals surface area contributed by atoms with Gasteiger partial charge in [-0.15, -0.1) is 0 Å². The molecule has 0 aliphatic heterocycles. The minimum atomic E-state index is -1.86. The van der Waals surface area contributed by atoms with Crippen molar-refractivity contribution >= 4 is 17.9 Å². The highest BCUT2D eigenvalue weighted by molar-refractivity contribution is 5.93. The summed E-state index contributed by atoms with van der Waals surface area (Å²) in [7, 11) is 0. The zero-order valence-corrected chi connectivity index (χ0v) is 8.62. The van der Waals surface area contributed by atoms with E-state index >= 15 is 0 Å². The molecule has 0 radical (unpaired) electrons. The maximum absolute atomic E-state index is 10.9. The number of carbonyl (C=O) groups is 3. The summed E-state index contributed by atoms with van der Waals surface area (Å²) < 4.78 is 4.20. The maximum Gasteiger partial charge on any atom is 0.338 e. The average Bonchev–Trinajstić information content (AvgIpc) is 2.17. The quantitative estimate of drug-likeness (QED) is 0.298. The van der Waals surface area contributed by atoms with Crippen LogP contribution >= 0.6 is 0 Å². The van der Waals surface area contributed by atoms with Gasteiger partial charge in [-0.2, -0.15) is 0 Å². The van der Waals surface area contributed by atoms with Crippen molar-refractivity contribution < 1.29 is 29.3 Å². The number of ether oxygens (including phenoxy) is 1. The number of esters is 2. The monoisotopic (exact) mass is 228 g/mol. The van der Waals surface area contributed by atoms with Crippen LogP contribution < -0.4 is 0 Å². The number of rotatable bonds is 5. The standard InChI is InChI=1S/C10H12O6/c1-2-3-4-5-8(12)16-9(13)6-7(11)10(14)15/h2-5,7,11H,6H2,1H3,(H,14,15)/b3-2+,5-4+.